The molecule has 0 unspecified atom stereocenters. The summed E-state index contributed by atoms with van der Waals surface area (Å²) in [6.45, 7) is 3.68. The van der Waals surface area contributed by atoms with Crippen molar-refractivity contribution in [1.82, 2.24) is 0 Å². The van der Waals surface area contributed by atoms with Crippen LogP contribution in [0, 0.1) is 6.42 Å². The molecule has 0 saturated carbocycles. The third kappa shape index (κ3) is 11.0. The molecular formula is C21H33ClO4Ti-2. The van der Waals surface area contributed by atoms with Crippen molar-refractivity contribution in [3.8, 4) is 0 Å². The number of rotatable bonds is 4. The van der Waals surface area contributed by atoms with E-state index in [1.807, 2.05) is 13.8 Å². The molecule has 0 aromatic rings. The number of hydrogen-bond donors (Lipinski definition) is 2. The first-order chi connectivity index (χ1) is 12.0. The molecule has 4 nitrogen and oxygen atoms in total. The van der Waals surface area contributed by atoms with Crippen LogP contribution in [0.2, 0.25) is 0 Å². The number of allylic oxidation sites excluding steroid dienone is 4. The van der Waals surface area contributed by atoms with Gasteiger partial charge in [-0.3, -0.25) is 9.59 Å². The third-order valence-corrected chi connectivity index (χ3v) is 4.69. The molecule has 0 aromatic carbocycles. The summed E-state index contributed by atoms with van der Waals surface area (Å²) in [7, 11) is 0. The summed E-state index contributed by atoms with van der Waals surface area (Å²) in [5.41, 5.74) is 7.06. The summed E-state index contributed by atoms with van der Waals surface area (Å²) in [4.78, 5) is 19.2. The summed E-state index contributed by atoms with van der Waals surface area (Å²) in [5, 5.41) is 15.8. The minimum Gasteiger partial charge on any atom is -1.00 e. The largest absolute Gasteiger partial charge is 1.00 e. The molecule has 0 amide bonds. The molecule has 0 aliphatic heterocycles. The zero-order chi connectivity index (χ0) is 18.7. The summed E-state index contributed by atoms with van der Waals surface area (Å²) < 4.78 is 0. The van der Waals surface area contributed by atoms with Gasteiger partial charge in [-0.25, -0.2) is 12.0 Å². The fourth-order valence-corrected chi connectivity index (χ4v) is 3.55. The second kappa shape index (κ2) is 16.3. The van der Waals surface area contributed by atoms with E-state index in [-0.39, 0.29) is 34.1 Å². The Morgan fingerprint density at radius 3 is 1.89 bits per heavy atom. The van der Waals surface area contributed by atoms with Crippen LogP contribution >= 0.6 is 0 Å². The molecular weight excluding hydrogens is 400 g/mol. The van der Waals surface area contributed by atoms with Crippen molar-refractivity contribution in [2.75, 3.05) is 0 Å². The van der Waals surface area contributed by atoms with E-state index in [1.54, 1.807) is 22.3 Å². The van der Waals surface area contributed by atoms with Gasteiger partial charge in [0, 0.05) is 34.6 Å². The number of halogens is 1. The normalized spacial score (nSPS) is 16.7. The van der Waals surface area contributed by atoms with Crippen molar-refractivity contribution >= 4 is 11.9 Å². The number of aliphatic carboxylic acids is 2. The predicted octanol–water partition coefficient (Wildman–Crippen LogP) is 2.69. The third-order valence-electron chi connectivity index (χ3n) is 4.69. The minimum atomic E-state index is -0.711. The molecule has 3 aliphatic rings. The summed E-state index contributed by atoms with van der Waals surface area (Å²) in [6.07, 6.45) is 15.7. The Bertz CT molecular complexity index is 480. The van der Waals surface area contributed by atoms with Crippen molar-refractivity contribution in [1.29, 1.82) is 0 Å². The Morgan fingerprint density at radius 2 is 1.41 bits per heavy atom. The maximum Gasteiger partial charge on any atom is 0.303 e. The average Bonchev–Trinajstić information content (AvgIpc) is 2.94. The van der Waals surface area contributed by atoms with Gasteiger partial charge in [0.25, 0.3) is 0 Å². The zero-order valence-electron chi connectivity index (χ0n) is 16.7. The number of carboxylic acids is 2. The standard InChI is InChI=1S/C13H17.2C4H8O2.ClH.Ti/c1-3-7-12-10(5-1)9-11-6-2-4-8-13(11)12;2*1-2-3-4(5)6;;/h5H,1-4,6-9H2;2*2-3H2,1H3,(H,5,6);1H;/q-1;;;;/p-1. The Balaban J connectivity index is 0. The summed E-state index contributed by atoms with van der Waals surface area (Å²) in [6, 6.07) is 0. The number of carbonyl (C=O) groups is 2. The Labute approximate surface area is 185 Å². The molecule has 154 valence electrons. The predicted molar refractivity (Wildman–Crippen MR) is 100 cm³/mol. The van der Waals surface area contributed by atoms with Gasteiger partial charge < -0.3 is 22.6 Å². The number of fused-ring (bicyclic) bond motifs is 1. The van der Waals surface area contributed by atoms with Crippen molar-refractivity contribution < 1.29 is 53.9 Å². The van der Waals surface area contributed by atoms with Crippen LogP contribution < -0.4 is 12.4 Å². The number of carboxylic acid groups (broad SMARTS) is 2. The van der Waals surface area contributed by atoms with Gasteiger partial charge in [-0.15, -0.1) is 12.0 Å². The smallest absolute Gasteiger partial charge is 0.303 e. The monoisotopic (exact) mass is 432 g/mol. The Kier molecular flexibility index (Phi) is 17.2. The SMILES string of the molecule is CCCC(=O)O.CCCC(=O)O.[CH-]1CCCC2=C1CC1=C2CCCC1.[Cl-].[Ti]. The number of hydrogen-bond acceptors (Lipinski definition) is 2. The molecule has 3 rings (SSSR count). The Morgan fingerprint density at radius 1 is 0.889 bits per heavy atom. The van der Waals surface area contributed by atoms with E-state index in [4.69, 9.17) is 10.2 Å². The van der Waals surface area contributed by atoms with E-state index >= 15 is 0 Å². The molecule has 0 heterocycles. The first kappa shape index (κ1) is 28.5. The molecule has 0 spiro atoms. The van der Waals surface area contributed by atoms with E-state index in [1.165, 1.54) is 51.4 Å². The Hall–Kier alpha value is -0.706. The van der Waals surface area contributed by atoms with Gasteiger partial charge >= 0.3 is 11.9 Å². The minimum absolute atomic E-state index is 0. The molecule has 27 heavy (non-hydrogen) atoms. The van der Waals surface area contributed by atoms with E-state index in [9.17, 15) is 9.59 Å². The van der Waals surface area contributed by atoms with Crippen molar-refractivity contribution in [2.24, 2.45) is 0 Å². The van der Waals surface area contributed by atoms with Gasteiger partial charge in [-0.2, -0.15) is 5.57 Å². The topological polar surface area (TPSA) is 74.6 Å². The van der Waals surface area contributed by atoms with Gasteiger partial charge in [0.2, 0.25) is 0 Å². The van der Waals surface area contributed by atoms with Crippen LogP contribution in [0.3, 0.4) is 0 Å². The van der Waals surface area contributed by atoms with E-state index in [0.717, 1.165) is 12.8 Å². The zero-order valence-corrected chi connectivity index (χ0v) is 19.0. The molecule has 3 aliphatic carbocycles. The molecule has 0 bridgehead atoms. The van der Waals surface area contributed by atoms with E-state index in [2.05, 4.69) is 6.42 Å². The van der Waals surface area contributed by atoms with Crippen LogP contribution in [0.4, 0.5) is 0 Å². The average molecular weight is 433 g/mol. The van der Waals surface area contributed by atoms with Crippen LogP contribution in [-0.2, 0) is 31.3 Å². The second-order valence-electron chi connectivity index (χ2n) is 6.85. The van der Waals surface area contributed by atoms with Gasteiger partial charge in [0.05, 0.1) is 0 Å². The first-order valence-corrected chi connectivity index (χ1v) is 9.69. The van der Waals surface area contributed by atoms with Crippen LogP contribution in [0.25, 0.3) is 0 Å². The maximum absolute atomic E-state index is 9.60. The molecule has 0 atom stereocenters. The fraction of sp³-hybridized carbons (Fsp3) is 0.667. The van der Waals surface area contributed by atoms with Gasteiger partial charge in [0.15, 0.2) is 0 Å². The van der Waals surface area contributed by atoms with Crippen LogP contribution in [0.1, 0.15) is 90.9 Å². The van der Waals surface area contributed by atoms with E-state index < -0.39 is 11.9 Å². The molecule has 0 radical (unpaired) electrons. The molecule has 0 fully saturated rings. The second-order valence-corrected chi connectivity index (χ2v) is 6.85. The summed E-state index contributed by atoms with van der Waals surface area (Å²) in [5.74, 6) is -1.42. The van der Waals surface area contributed by atoms with Crippen molar-refractivity contribution in [3.63, 3.8) is 0 Å². The van der Waals surface area contributed by atoms with Crippen molar-refractivity contribution in [3.05, 3.63) is 28.7 Å². The fourth-order valence-electron chi connectivity index (χ4n) is 3.55. The van der Waals surface area contributed by atoms with Gasteiger partial charge in [0.1, 0.15) is 0 Å². The maximum atomic E-state index is 9.60. The van der Waals surface area contributed by atoms with Crippen LogP contribution in [0.5, 0.6) is 0 Å². The van der Waals surface area contributed by atoms with Gasteiger partial charge in [-0.1, -0.05) is 38.7 Å². The van der Waals surface area contributed by atoms with Gasteiger partial charge in [-0.05, 0) is 38.5 Å². The van der Waals surface area contributed by atoms with Crippen LogP contribution in [0.15, 0.2) is 22.3 Å². The quantitative estimate of drug-likeness (QED) is 0.529. The summed E-state index contributed by atoms with van der Waals surface area (Å²) >= 11 is 0. The molecule has 0 saturated heterocycles. The molecule has 6 heteroatoms. The molecule has 2 N–H and O–H groups in total. The van der Waals surface area contributed by atoms with Crippen LogP contribution in [-0.4, -0.2) is 22.2 Å². The van der Waals surface area contributed by atoms with E-state index in [0.29, 0.717) is 12.8 Å². The first-order valence-electron chi connectivity index (χ1n) is 9.69. The molecule has 0 aromatic heterocycles. The van der Waals surface area contributed by atoms with Crippen molar-refractivity contribution in [2.45, 2.75) is 90.9 Å².